The van der Waals surface area contributed by atoms with Crippen LogP contribution in [-0.2, 0) is 11.3 Å². The number of nitrogens with one attached hydrogen (secondary N) is 3. The molecule has 0 heterocycles. The predicted octanol–water partition coefficient (Wildman–Crippen LogP) is 1.41. The molecule has 21 heavy (non-hydrogen) atoms. The number of rotatable bonds is 7. The number of hydrogen-bond donors (Lipinski definition) is 3. The molecular weight excluding hydrogens is 270 g/mol. The lowest BCUT2D eigenvalue weighted by atomic mass is 10.2. The Labute approximate surface area is 125 Å². The van der Waals surface area contributed by atoms with Crippen LogP contribution in [0.1, 0.15) is 25.8 Å². The fourth-order valence-corrected chi connectivity index (χ4v) is 1.67. The molecule has 0 aromatic heterocycles. The van der Waals surface area contributed by atoms with Crippen LogP contribution >= 0.6 is 0 Å². The van der Waals surface area contributed by atoms with E-state index in [2.05, 4.69) is 16.0 Å². The minimum atomic E-state index is -0.289. The molecule has 0 aliphatic carbocycles. The first kappa shape index (κ1) is 16.8. The van der Waals surface area contributed by atoms with Gasteiger partial charge in [-0.05, 0) is 31.5 Å². The zero-order valence-electron chi connectivity index (χ0n) is 12.7. The molecule has 0 saturated carbocycles. The SMILES string of the molecule is COc1ccc(CNC(=O)NCCC(=O)NC(C)C)cc1. The number of hydrogen-bond acceptors (Lipinski definition) is 3. The molecule has 0 saturated heterocycles. The van der Waals surface area contributed by atoms with Crippen molar-refractivity contribution in [3.63, 3.8) is 0 Å². The van der Waals surface area contributed by atoms with E-state index < -0.39 is 0 Å². The maximum absolute atomic E-state index is 11.6. The molecule has 6 heteroatoms. The highest BCUT2D eigenvalue weighted by Gasteiger charge is 2.05. The lowest BCUT2D eigenvalue weighted by Crippen LogP contribution is -2.38. The molecule has 0 atom stereocenters. The standard InChI is InChI=1S/C15H23N3O3/c1-11(2)18-14(19)8-9-16-15(20)17-10-12-4-6-13(21-3)7-5-12/h4-7,11H,8-10H2,1-3H3,(H,18,19)(H2,16,17,20). The van der Waals surface area contributed by atoms with Gasteiger partial charge in [0.05, 0.1) is 7.11 Å². The van der Waals surface area contributed by atoms with Gasteiger partial charge in [0, 0.05) is 25.6 Å². The number of methoxy groups -OCH3 is 1. The third-order valence-corrected chi connectivity index (χ3v) is 2.70. The smallest absolute Gasteiger partial charge is 0.315 e. The van der Waals surface area contributed by atoms with Gasteiger partial charge in [-0.2, -0.15) is 0 Å². The Bertz CT molecular complexity index is 458. The van der Waals surface area contributed by atoms with Crippen LogP contribution in [0.5, 0.6) is 5.75 Å². The van der Waals surface area contributed by atoms with Gasteiger partial charge in [0.25, 0.3) is 0 Å². The summed E-state index contributed by atoms with van der Waals surface area (Å²) in [4.78, 5) is 22.9. The average Bonchev–Trinajstić information content (AvgIpc) is 2.45. The van der Waals surface area contributed by atoms with Crippen molar-refractivity contribution in [2.45, 2.75) is 32.9 Å². The zero-order valence-corrected chi connectivity index (χ0v) is 12.7. The minimum Gasteiger partial charge on any atom is -0.497 e. The summed E-state index contributed by atoms with van der Waals surface area (Å²) in [6, 6.07) is 7.27. The molecule has 6 nitrogen and oxygen atoms in total. The van der Waals surface area contributed by atoms with E-state index in [4.69, 9.17) is 4.74 Å². The molecule has 0 fully saturated rings. The highest BCUT2D eigenvalue weighted by molar-refractivity contribution is 5.78. The molecular formula is C15H23N3O3. The van der Waals surface area contributed by atoms with Gasteiger partial charge in [0.2, 0.25) is 5.91 Å². The van der Waals surface area contributed by atoms with E-state index in [1.165, 1.54) is 0 Å². The van der Waals surface area contributed by atoms with Crippen molar-refractivity contribution in [1.29, 1.82) is 0 Å². The molecule has 0 radical (unpaired) electrons. The predicted molar refractivity (Wildman–Crippen MR) is 81.1 cm³/mol. The lowest BCUT2D eigenvalue weighted by molar-refractivity contribution is -0.121. The van der Waals surface area contributed by atoms with Crippen LogP contribution < -0.4 is 20.7 Å². The molecule has 0 bridgehead atoms. The van der Waals surface area contributed by atoms with Gasteiger partial charge in [-0.1, -0.05) is 12.1 Å². The number of carbonyl (C=O) groups excluding carboxylic acids is 2. The Hall–Kier alpha value is -2.24. The van der Waals surface area contributed by atoms with Crippen molar-refractivity contribution in [2.75, 3.05) is 13.7 Å². The molecule has 0 unspecified atom stereocenters. The highest BCUT2D eigenvalue weighted by Crippen LogP contribution is 2.10. The lowest BCUT2D eigenvalue weighted by Gasteiger charge is -2.10. The van der Waals surface area contributed by atoms with Crippen LogP contribution in [0.3, 0.4) is 0 Å². The second-order valence-electron chi connectivity index (χ2n) is 4.93. The fraction of sp³-hybridized carbons (Fsp3) is 0.467. The number of amides is 3. The third kappa shape index (κ3) is 7.20. The van der Waals surface area contributed by atoms with Gasteiger partial charge in [-0.25, -0.2) is 4.79 Å². The van der Waals surface area contributed by atoms with Crippen LogP contribution in [0.15, 0.2) is 24.3 Å². The summed E-state index contributed by atoms with van der Waals surface area (Å²) in [6.07, 6.45) is 0.272. The Balaban J connectivity index is 2.20. The number of carbonyl (C=O) groups is 2. The van der Waals surface area contributed by atoms with Gasteiger partial charge >= 0.3 is 6.03 Å². The van der Waals surface area contributed by atoms with Crippen molar-refractivity contribution in [2.24, 2.45) is 0 Å². The molecule has 1 aromatic rings. The Morgan fingerprint density at radius 2 is 1.81 bits per heavy atom. The monoisotopic (exact) mass is 293 g/mol. The molecule has 116 valence electrons. The number of ether oxygens (including phenoxy) is 1. The van der Waals surface area contributed by atoms with Gasteiger partial charge in [0.1, 0.15) is 5.75 Å². The molecule has 1 rings (SSSR count). The molecule has 0 spiro atoms. The van der Waals surface area contributed by atoms with Crippen molar-refractivity contribution in [1.82, 2.24) is 16.0 Å². The van der Waals surface area contributed by atoms with Gasteiger partial charge in [-0.3, -0.25) is 4.79 Å². The molecule has 0 aliphatic rings. The summed E-state index contributed by atoms with van der Waals surface area (Å²) in [5.41, 5.74) is 0.975. The summed E-state index contributed by atoms with van der Waals surface area (Å²) >= 11 is 0. The molecule has 3 amide bonds. The van der Waals surface area contributed by atoms with Crippen LogP contribution in [0, 0.1) is 0 Å². The third-order valence-electron chi connectivity index (χ3n) is 2.70. The zero-order chi connectivity index (χ0) is 15.7. The first-order chi connectivity index (χ1) is 10.0. The molecule has 0 aliphatic heterocycles. The summed E-state index contributed by atoms with van der Waals surface area (Å²) in [7, 11) is 1.61. The topological polar surface area (TPSA) is 79.5 Å². The second-order valence-corrected chi connectivity index (χ2v) is 4.93. The summed E-state index contributed by atoms with van der Waals surface area (Å²) in [6.45, 7) is 4.53. The van der Waals surface area contributed by atoms with E-state index in [0.717, 1.165) is 11.3 Å². The fourth-order valence-electron chi connectivity index (χ4n) is 1.67. The van der Waals surface area contributed by atoms with Crippen LogP contribution in [0.4, 0.5) is 4.79 Å². The summed E-state index contributed by atoms with van der Waals surface area (Å²) in [5.74, 6) is 0.708. The number of benzene rings is 1. The van der Waals surface area contributed by atoms with Crippen molar-refractivity contribution < 1.29 is 14.3 Å². The van der Waals surface area contributed by atoms with Crippen molar-refractivity contribution in [3.8, 4) is 5.75 Å². The Morgan fingerprint density at radius 1 is 1.14 bits per heavy atom. The Morgan fingerprint density at radius 3 is 2.38 bits per heavy atom. The molecule has 1 aromatic carbocycles. The molecule has 3 N–H and O–H groups in total. The van der Waals surface area contributed by atoms with E-state index in [9.17, 15) is 9.59 Å². The summed E-state index contributed by atoms with van der Waals surface area (Å²) in [5, 5.41) is 8.14. The van der Waals surface area contributed by atoms with E-state index in [-0.39, 0.29) is 24.4 Å². The Kier molecular flexibility index (Phi) is 7.08. The van der Waals surface area contributed by atoms with E-state index in [0.29, 0.717) is 13.1 Å². The van der Waals surface area contributed by atoms with Crippen LogP contribution in [0.2, 0.25) is 0 Å². The van der Waals surface area contributed by atoms with Gasteiger partial charge in [0.15, 0.2) is 0 Å². The summed E-state index contributed by atoms with van der Waals surface area (Å²) < 4.78 is 5.06. The van der Waals surface area contributed by atoms with E-state index in [1.807, 2.05) is 38.1 Å². The quantitative estimate of drug-likeness (QED) is 0.711. The average molecular weight is 293 g/mol. The first-order valence-corrected chi connectivity index (χ1v) is 6.95. The van der Waals surface area contributed by atoms with Gasteiger partial charge < -0.3 is 20.7 Å². The largest absolute Gasteiger partial charge is 0.497 e. The normalized spacial score (nSPS) is 10.1. The van der Waals surface area contributed by atoms with E-state index >= 15 is 0 Å². The maximum Gasteiger partial charge on any atom is 0.315 e. The van der Waals surface area contributed by atoms with Crippen molar-refractivity contribution >= 4 is 11.9 Å². The first-order valence-electron chi connectivity index (χ1n) is 6.95. The van der Waals surface area contributed by atoms with Crippen LogP contribution in [0.25, 0.3) is 0 Å². The number of urea groups is 1. The van der Waals surface area contributed by atoms with E-state index in [1.54, 1.807) is 7.11 Å². The van der Waals surface area contributed by atoms with Crippen LogP contribution in [-0.4, -0.2) is 31.6 Å². The highest BCUT2D eigenvalue weighted by atomic mass is 16.5. The van der Waals surface area contributed by atoms with Gasteiger partial charge in [-0.15, -0.1) is 0 Å². The maximum atomic E-state index is 11.6. The van der Waals surface area contributed by atoms with Crippen molar-refractivity contribution in [3.05, 3.63) is 29.8 Å². The minimum absolute atomic E-state index is 0.0690. The second kappa shape index (κ2) is 8.84.